The van der Waals surface area contributed by atoms with Gasteiger partial charge in [0.1, 0.15) is 12.0 Å². The molecule has 21 heavy (non-hydrogen) atoms. The van der Waals surface area contributed by atoms with Crippen molar-refractivity contribution in [1.29, 1.82) is 0 Å². The van der Waals surface area contributed by atoms with Crippen LogP contribution in [-0.2, 0) is 9.59 Å². The van der Waals surface area contributed by atoms with Crippen molar-refractivity contribution in [3.8, 4) is 0 Å². The van der Waals surface area contributed by atoms with Gasteiger partial charge in [0.05, 0.1) is 11.4 Å². The van der Waals surface area contributed by atoms with Crippen LogP contribution in [0.2, 0.25) is 0 Å². The summed E-state index contributed by atoms with van der Waals surface area (Å²) in [6.45, 7) is 3.27. The molecule has 1 heterocycles. The lowest BCUT2D eigenvalue weighted by molar-refractivity contribution is -0.126. The number of hydrogen-bond acceptors (Lipinski definition) is 4. The molecule has 1 aromatic carbocycles. The van der Waals surface area contributed by atoms with E-state index in [4.69, 9.17) is 10.9 Å². The van der Waals surface area contributed by atoms with Crippen LogP contribution in [0.25, 0.3) is 0 Å². The fourth-order valence-electron chi connectivity index (χ4n) is 2.26. The number of nitrogens with zero attached hydrogens (tertiary/aromatic N) is 2. The molecule has 1 aliphatic rings. The Morgan fingerprint density at radius 3 is 2.81 bits per heavy atom. The Kier molecular flexibility index (Phi) is 3.84. The van der Waals surface area contributed by atoms with Crippen molar-refractivity contribution in [3.05, 3.63) is 24.3 Å². The molecule has 2 amide bonds. The number of anilines is 2. The summed E-state index contributed by atoms with van der Waals surface area (Å²) in [4.78, 5) is 26.0. The molecule has 1 unspecified atom stereocenters. The molecule has 0 fully saturated rings. The Bertz CT molecular complexity index is 614. The fraction of sp³-hybridized carbons (Fsp3) is 0.357. The second-order valence-electron chi connectivity index (χ2n) is 5.13. The first-order valence-corrected chi connectivity index (χ1v) is 6.63. The number of para-hydroxylation sites is 2. The minimum absolute atomic E-state index is 0.0931. The van der Waals surface area contributed by atoms with Crippen LogP contribution in [0, 0.1) is 5.41 Å². The Labute approximate surface area is 122 Å². The highest BCUT2D eigenvalue weighted by molar-refractivity contribution is 6.17. The molecule has 0 aliphatic carbocycles. The predicted octanol–water partition coefficient (Wildman–Crippen LogP) is 1.13. The number of nitrogens with one attached hydrogen (secondary N) is 1. The summed E-state index contributed by atoms with van der Waals surface area (Å²) in [6.07, 6.45) is 0.349. The predicted molar refractivity (Wildman–Crippen MR) is 79.2 cm³/mol. The smallest absolute Gasteiger partial charge is 0.244 e. The number of carbonyl (C=O) groups is 2. The van der Waals surface area contributed by atoms with Crippen molar-refractivity contribution in [2.75, 3.05) is 16.8 Å². The third-order valence-corrected chi connectivity index (χ3v) is 3.87. The number of oxime groups is 1. The summed E-state index contributed by atoms with van der Waals surface area (Å²) in [7, 11) is 0. The van der Waals surface area contributed by atoms with Gasteiger partial charge in [0.25, 0.3) is 0 Å². The maximum absolute atomic E-state index is 12.8. The van der Waals surface area contributed by atoms with Gasteiger partial charge < -0.3 is 21.2 Å². The molecule has 2 rings (SSSR count). The van der Waals surface area contributed by atoms with Gasteiger partial charge in [-0.1, -0.05) is 24.2 Å². The standard InChI is InChI=1S/C14H18N4O3/c1-3-14(2,12(15)17-21)13(20)18-8-11(19)16-9-6-4-5-7-10(9)18/h4-7,21H,3,8H2,1-2H3,(H2,15,17)(H,16,19). The van der Waals surface area contributed by atoms with Crippen LogP contribution in [0.3, 0.4) is 0 Å². The van der Waals surface area contributed by atoms with E-state index < -0.39 is 5.41 Å². The molecule has 0 radical (unpaired) electrons. The molecular weight excluding hydrogens is 272 g/mol. The molecule has 1 atom stereocenters. The fourth-order valence-corrected chi connectivity index (χ4v) is 2.26. The van der Waals surface area contributed by atoms with E-state index in [1.54, 1.807) is 38.1 Å². The quantitative estimate of drug-likeness (QED) is 0.335. The highest BCUT2D eigenvalue weighted by atomic mass is 16.4. The van der Waals surface area contributed by atoms with Crippen molar-refractivity contribution in [2.24, 2.45) is 16.3 Å². The summed E-state index contributed by atoms with van der Waals surface area (Å²) in [5, 5.41) is 14.6. The lowest BCUT2D eigenvalue weighted by atomic mass is 9.84. The first-order chi connectivity index (χ1) is 9.93. The largest absolute Gasteiger partial charge is 0.409 e. The number of fused-ring (bicyclic) bond motifs is 1. The van der Waals surface area contributed by atoms with Crippen molar-refractivity contribution < 1.29 is 14.8 Å². The molecule has 0 aromatic heterocycles. The number of rotatable bonds is 3. The summed E-state index contributed by atoms with van der Waals surface area (Å²) in [6, 6.07) is 7.02. The SMILES string of the molecule is CCC(C)(C(=O)N1CC(=O)Nc2ccccc21)/C(N)=N/O. The highest BCUT2D eigenvalue weighted by Crippen LogP contribution is 2.34. The van der Waals surface area contributed by atoms with Crippen LogP contribution in [-0.4, -0.2) is 29.4 Å². The molecule has 7 heteroatoms. The van der Waals surface area contributed by atoms with E-state index in [1.165, 1.54) is 4.90 Å². The van der Waals surface area contributed by atoms with E-state index in [2.05, 4.69) is 10.5 Å². The van der Waals surface area contributed by atoms with Crippen molar-refractivity contribution in [1.82, 2.24) is 0 Å². The molecule has 0 saturated heterocycles. The Morgan fingerprint density at radius 2 is 2.19 bits per heavy atom. The number of hydrogen-bond donors (Lipinski definition) is 3. The van der Waals surface area contributed by atoms with Crippen molar-refractivity contribution in [2.45, 2.75) is 20.3 Å². The number of nitrogens with two attached hydrogens (primary N) is 1. The van der Waals surface area contributed by atoms with E-state index in [0.717, 1.165) is 0 Å². The topological polar surface area (TPSA) is 108 Å². The van der Waals surface area contributed by atoms with Gasteiger partial charge in [0, 0.05) is 0 Å². The maximum atomic E-state index is 12.8. The molecule has 1 aliphatic heterocycles. The van der Waals surface area contributed by atoms with E-state index in [1.807, 2.05) is 0 Å². The van der Waals surface area contributed by atoms with Gasteiger partial charge in [-0.25, -0.2) is 0 Å². The molecule has 0 saturated carbocycles. The molecule has 7 nitrogen and oxygen atoms in total. The van der Waals surface area contributed by atoms with Gasteiger partial charge in [0.2, 0.25) is 11.8 Å². The minimum atomic E-state index is -1.17. The van der Waals surface area contributed by atoms with E-state index in [-0.39, 0.29) is 24.2 Å². The molecule has 112 valence electrons. The summed E-state index contributed by atoms with van der Waals surface area (Å²) >= 11 is 0. The summed E-state index contributed by atoms with van der Waals surface area (Å²) in [5.41, 5.74) is 5.68. The van der Waals surface area contributed by atoms with Gasteiger partial charge in [-0.05, 0) is 25.5 Å². The highest BCUT2D eigenvalue weighted by Gasteiger charge is 2.42. The Balaban J connectivity index is 2.46. The van der Waals surface area contributed by atoms with Crippen LogP contribution in [0.1, 0.15) is 20.3 Å². The zero-order valence-corrected chi connectivity index (χ0v) is 12.0. The minimum Gasteiger partial charge on any atom is -0.409 e. The first kappa shape index (κ1) is 14.8. The molecular formula is C14H18N4O3. The number of benzene rings is 1. The molecule has 4 N–H and O–H groups in total. The second-order valence-corrected chi connectivity index (χ2v) is 5.13. The maximum Gasteiger partial charge on any atom is 0.244 e. The molecule has 1 aromatic rings. The lowest BCUT2D eigenvalue weighted by Gasteiger charge is -2.35. The Hall–Kier alpha value is -2.57. The van der Waals surface area contributed by atoms with Crippen molar-refractivity contribution in [3.63, 3.8) is 0 Å². The first-order valence-electron chi connectivity index (χ1n) is 6.63. The van der Waals surface area contributed by atoms with Crippen LogP contribution >= 0.6 is 0 Å². The van der Waals surface area contributed by atoms with E-state index >= 15 is 0 Å². The van der Waals surface area contributed by atoms with E-state index in [0.29, 0.717) is 17.8 Å². The summed E-state index contributed by atoms with van der Waals surface area (Å²) in [5.74, 6) is -0.818. The Morgan fingerprint density at radius 1 is 1.52 bits per heavy atom. The van der Waals surface area contributed by atoms with Crippen LogP contribution < -0.4 is 16.0 Å². The molecule has 0 spiro atoms. The molecule has 0 bridgehead atoms. The third-order valence-electron chi connectivity index (χ3n) is 3.87. The van der Waals surface area contributed by atoms with Gasteiger partial charge in [-0.2, -0.15) is 0 Å². The monoisotopic (exact) mass is 290 g/mol. The van der Waals surface area contributed by atoms with Crippen LogP contribution in [0.5, 0.6) is 0 Å². The number of amides is 2. The normalized spacial score (nSPS) is 17.7. The average molecular weight is 290 g/mol. The zero-order chi connectivity index (χ0) is 15.6. The third kappa shape index (κ3) is 2.42. The van der Waals surface area contributed by atoms with Crippen LogP contribution in [0.15, 0.2) is 29.4 Å². The van der Waals surface area contributed by atoms with E-state index in [9.17, 15) is 9.59 Å². The number of amidine groups is 1. The van der Waals surface area contributed by atoms with Gasteiger partial charge in [0.15, 0.2) is 5.84 Å². The van der Waals surface area contributed by atoms with Gasteiger partial charge in [-0.15, -0.1) is 0 Å². The van der Waals surface area contributed by atoms with Crippen LogP contribution in [0.4, 0.5) is 11.4 Å². The average Bonchev–Trinajstić information content (AvgIpc) is 2.51. The van der Waals surface area contributed by atoms with Gasteiger partial charge >= 0.3 is 0 Å². The second kappa shape index (κ2) is 5.43. The van der Waals surface area contributed by atoms with Crippen molar-refractivity contribution >= 4 is 29.0 Å². The summed E-state index contributed by atoms with van der Waals surface area (Å²) < 4.78 is 0. The zero-order valence-electron chi connectivity index (χ0n) is 12.0. The lowest BCUT2D eigenvalue weighted by Crippen LogP contribution is -2.53. The van der Waals surface area contributed by atoms with Gasteiger partial charge in [-0.3, -0.25) is 9.59 Å². The number of carbonyl (C=O) groups excluding carboxylic acids is 2.